The van der Waals surface area contributed by atoms with E-state index in [4.69, 9.17) is 11.6 Å². The minimum absolute atomic E-state index is 0.148. The van der Waals surface area contributed by atoms with Gasteiger partial charge in [0.1, 0.15) is 0 Å². The molecule has 2 rings (SSSR count). The Morgan fingerprint density at radius 1 is 0.842 bits per heavy atom. The van der Waals surface area contributed by atoms with Gasteiger partial charge in [-0.25, -0.2) is 0 Å². The largest absolute Gasteiger partial charge is 0.113 e. The number of halogens is 3. The Morgan fingerprint density at radius 2 is 1.42 bits per heavy atom. The van der Waals surface area contributed by atoms with Crippen LogP contribution in [-0.4, -0.2) is 0 Å². The van der Waals surface area contributed by atoms with Crippen LogP contribution in [0.15, 0.2) is 39.3 Å². The van der Waals surface area contributed by atoms with E-state index in [-0.39, 0.29) is 5.38 Å². The van der Waals surface area contributed by atoms with Crippen molar-refractivity contribution in [1.82, 2.24) is 0 Å². The number of benzene rings is 2. The Bertz CT molecular complexity index is 600. The average molecular weight is 403 g/mol. The van der Waals surface area contributed by atoms with Gasteiger partial charge in [-0.3, -0.25) is 0 Å². The minimum Gasteiger partial charge on any atom is -0.113 e. The number of hydrogen-bond donors (Lipinski definition) is 0. The third kappa shape index (κ3) is 3.42. The molecule has 0 bridgehead atoms. The fraction of sp³-hybridized carbons (Fsp3) is 0.250. The quantitative estimate of drug-likeness (QED) is 0.505. The van der Waals surface area contributed by atoms with E-state index in [2.05, 4.69) is 83.0 Å². The van der Waals surface area contributed by atoms with Gasteiger partial charge in [-0.15, -0.1) is 11.6 Å². The van der Waals surface area contributed by atoms with Crippen molar-refractivity contribution in [1.29, 1.82) is 0 Å². The highest BCUT2D eigenvalue weighted by Crippen LogP contribution is 2.37. The second-order valence-corrected chi connectivity index (χ2v) is 7.05. The lowest BCUT2D eigenvalue weighted by molar-refractivity contribution is 1.10. The van der Waals surface area contributed by atoms with E-state index in [1.165, 1.54) is 16.7 Å². The highest BCUT2D eigenvalue weighted by Gasteiger charge is 2.16. The third-order valence-corrected chi connectivity index (χ3v) is 5.12. The standard InChI is InChI=1S/C16H15Br2Cl/c1-9-4-10(2)6-12(5-9)16(19)13-8-14(17)11(3)7-15(13)18/h4-8,16H,1-3H3. The van der Waals surface area contributed by atoms with Crippen molar-refractivity contribution in [3.05, 3.63) is 67.1 Å². The first-order chi connectivity index (χ1) is 8.88. The molecule has 19 heavy (non-hydrogen) atoms. The van der Waals surface area contributed by atoms with Crippen molar-refractivity contribution in [2.75, 3.05) is 0 Å². The summed E-state index contributed by atoms with van der Waals surface area (Å²) in [5, 5.41) is -0.148. The fourth-order valence-electron chi connectivity index (χ4n) is 2.19. The number of aryl methyl sites for hydroxylation is 3. The molecule has 1 unspecified atom stereocenters. The second kappa shape index (κ2) is 5.99. The highest BCUT2D eigenvalue weighted by molar-refractivity contribution is 9.11. The molecule has 2 aromatic rings. The molecule has 0 aliphatic rings. The molecule has 0 aliphatic heterocycles. The molecular weight excluding hydrogens is 387 g/mol. The van der Waals surface area contributed by atoms with E-state index in [1.54, 1.807) is 0 Å². The lowest BCUT2D eigenvalue weighted by atomic mass is 9.99. The SMILES string of the molecule is Cc1cc(C)cc(C(Cl)c2cc(Br)c(C)cc2Br)c1. The molecule has 0 spiro atoms. The molecule has 2 aromatic carbocycles. The van der Waals surface area contributed by atoms with Gasteiger partial charge in [-0.2, -0.15) is 0 Å². The molecule has 0 radical (unpaired) electrons. The van der Waals surface area contributed by atoms with Crippen LogP contribution in [0, 0.1) is 20.8 Å². The molecule has 3 heteroatoms. The predicted octanol–water partition coefficient (Wildman–Crippen LogP) is 6.47. The normalized spacial score (nSPS) is 12.5. The summed E-state index contributed by atoms with van der Waals surface area (Å²) in [5.74, 6) is 0. The van der Waals surface area contributed by atoms with Gasteiger partial charge in [0.2, 0.25) is 0 Å². The van der Waals surface area contributed by atoms with Gasteiger partial charge in [0.05, 0.1) is 5.38 Å². The molecule has 0 amide bonds. The highest BCUT2D eigenvalue weighted by atomic mass is 79.9. The second-order valence-electron chi connectivity index (χ2n) is 4.91. The summed E-state index contributed by atoms with van der Waals surface area (Å²) in [5.41, 5.74) is 5.89. The molecule has 0 saturated carbocycles. The molecule has 1 atom stereocenters. The Morgan fingerprint density at radius 3 is 2.00 bits per heavy atom. The summed E-state index contributed by atoms with van der Waals surface area (Å²) >= 11 is 13.8. The number of rotatable bonds is 2. The van der Waals surface area contributed by atoms with E-state index in [1.807, 2.05) is 0 Å². The maximum absolute atomic E-state index is 6.65. The van der Waals surface area contributed by atoms with Gasteiger partial charge in [-0.05, 0) is 49.6 Å². The van der Waals surface area contributed by atoms with E-state index in [0.29, 0.717) is 0 Å². The van der Waals surface area contributed by atoms with Crippen LogP contribution in [0.2, 0.25) is 0 Å². The van der Waals surface area contributed by atoms with Crippen LogP contribution in [-0.2, 0) is 0 Å². The molecule has 0 saturated heterocycles. The van der Waals surface area contributed by atoms with Crippen LogP contribution < -0.4 is 0 Å². The minimum atomic E-state index is -0.148. The Labute approximate surface area is 136 Å². The summed E-state index contributed by atoms with van der Waals surface area (Å²) in [7, 11) is 0. The van der Waals surface area contributed by atoms with Crippen molar-refractivity contribution in [3.63, 3.8) is 0 Å². The number of hydrogen-bond acceptors (Lipinski definition) is 0. The molecule has 0 heterocycles. The molecule has 0 aliphatic carbocycles. The lowest BCUT2D eigenvalue weighted by Crippen LogP contribution is -1.97. The van der Waals surface area contributed by atoms with Crippen molar-refractivity contribution in [2.45, 2.75) is 26.1 Å². The van der Waals surface area contributed by atoms with Gasteiger partial charge in [0.25, 0.3) is 0 Å². The Hall–Kier alpha value is -0.310. The van der Waals surface area contributed by atoms with Crippen molar-refractivity contribution < 1.29 is 0 Å². The summed E-state index contributed by atoms with van der Waals surface area (Å²) < 4.78 is 2.13. The summed E-state index contributed by atoms with van der Waals surface area (Å²) in [6.45, 7) is 6.26. The molecular formula is C16H15Br2Cl. The molecule has 0 N–H and O–H groups in total. The summed E-state index contributed by atoms with van der Waals surface area (Å²) in [4.78, 5) is 0. The maximum Gasteiger partial charge on any atom is 0.0846 e. The maximum atomic E-state index is 6.65. The monoisotopic (exact) mass is 400 g/mol. The summed E-state index contributed by atoms with van der Waals surface area (Å²) in [6.07, 6.45) is 0. The Balaban J connectivity index is 2.49. The van der Waals surface area contributed by atoms with Crippen LogP contribution in [0.5, 0.6) is 0 Å². The zero-order chi connectivity index (χ0) is 14.2. The van der Waals surface area contributed by atoms with Crippen LogP contribution in [0.25, 0.3) is 0 Å². The first kappa shape index (κ1) is 15.1. The lowest BCUT2D eigenvalue weighted by Gasteiger charge is -2.15. The molecule has 0 nitrogen and oxygen atoms in total. The molecule has 0 fully saturated rings. The molecule has 100 valence electrons. The smallest absolute Gasteiger partial charge is 0.0846 e. The van der Waals surface area contributed by atoms with Crippen LogP contribution in [0.1, 0.15) is 33.2 Å². The van der Waals surface area contributed by atoms with E-state index < -0.39 is 0 Å². The Kier molecular flexibility index (Phi) is 4.75. The van der Waals surface area contributed by atoms with Crippen LogP contribution >= 0.6 is 43.5 Å². The van der Waals surface area contributed by atoms with Gasteiger partial charge in [-0.1, -0.05) is 61.2 Å². The first-order valence-corrected chi connectivity index (χ1v) is 8.08. The zero-order valence-corrected chi connectivity index (χ0v) is 15.0. The predicted molar refractivity (Wildman–Crippen MR) is 90.2 cm³/mol. The molecule has 0 aromatic heterocycles. The van der Waals surface area contributed by atoms with Crippen molar-refractivity contribution in [2.24, 2.45) is 0 Å². The van der Waals surface area contributed by atoms with Crippen molar-refractivity contribution in [3.8, 4) is 0 Å². The topological polar surface area (TPSA) is 0 Å². The van der Waals surface area contributed by atoms with Gasteiger partial charge in [0.15, 0.2) is 0 Å². The van der Waals surface area contributed by atoms with Gasteiger partial charge in [0, 0.05) is 8.95 Å². The van der Waals surface area contributed by atoms with Crippen molar-refractivity contribution >= 4 is 43.5 Å². The third-order valence-electron chi connectivity index (χ3n) is 3.09. The number of alkyl halides is 1. The fourth-order valence-corrected chi connectivity index (χ4v) is 3.68. The van der Waals surface area contributed by atoms with Crippen LogP contribution in [0.4, 0.5) is 0 Å². The van der Waals surface area contributed by atoms with Gasteiger partial charge < -0.3 is 0 Å². The van der Waals surface area contributed by atoms with Gasteiger partial charge >= 0.3 is 0 Å². The first-order valence-electron chi connectivity index (χ1n) is 6.06. The average Bonchev–Trinajstić information content (AvgIpc) is 2.31. The van der Waals surface area contributed by atoms with Crippen LogP contribution in [0.3, 0.4) is 0 Å². The van der Waals surface area contributed by atoms with E-state index in [0.717, 1.165) is 20.1 Å². The zero-order valence-electron chi connectivity index (χ0n) is 11.1. The van der Waals surface area contributed by atoms with E-state index >= 15 is 0 Å². The summed E-state index contributed by atoms with van der Waals surface area (Å²) in [6, 6.07) is 10.6. The van der Waals surface area contributed by atoms with E-state index in [9.17, 15) is 0 Å².